The molecule has 2 atom stereocenters. The van der Waals surface area contributed by atoms with Gasteiger partial charge >= 0.3 is 0 Å². The van der Waals surface area contributed by atoms with E-state index in [0.717, 1.165) is 38.0 Å². The van der Waals surface area contributed by atoms with E-state index in [-0.39, 0.29) is 12.0 Å². The van der Waals surface area contributed by atoms with Gasteiger partial charge in [-0.3, -0.25) is 4.79 Å². The van der Waals surface area contributed by atoms with Gasteiger partial charge in [0.1, 0.15) is 0 Å². The van der Waals surface area contributed by atoms with E-state index < -0.39 is 0 Å². The number of carbonyl (C=O) groups is 1. The summed E-state index contributed by atoms with van der Waals surface area (Å²) in [5, 5.41) is 0. The molecule has 1 aliphatic heterocycles. The fraction of sp³-hybridized carbons (Fsp3) is 0.450. The molecular formula is C20H25NO2. The van der Waals surface area contributed by atoms with Crippen LogP contribution in [0.15, 0.2) is 53.8 Å². The second-order valence-electron chi connectivity index (χ2n) is 6.44. The van der Waals surface area contributed by atoms with Gasteiger partial charge in [-0.15, -0.1) is 0 Å². The third-order valence-electron chi connectivity index (χ3n) is 4.99. The molecule has 0 unspecified atom stereocenters. The first-order valence-electron chi connectivity index (χ1n) is 8.48. The van der Waals surface area contributed by atoms with Crippen LogP contribution < -0.4 is 0 Å². The molecule has 0 spiro atoms. The van der Waals surface area contributed by atoms with Crippen LogP contribution in [0.25, 0.3) is 0 Å². The molecule has 1 heterocycles. The molecule has 3 nitrogen and oxygen atoms in total. The monoisotopic (exact) mass is 311 g/mol. The largest absolute Gasteiger partial charge is 0.501 e. The summed E-state index contributed by atoms with van der Waals surface area (Å²) in [6.45, 7) is 2.98. The second kappa shape index (κ2) is 7.03. The number of hydrogen-bond donors (Lipinski definition) is 0. The predicted octanol–water partition coefficient (Wildman–Crippen LogP) is 4.24. The second-order valence-corrected chi connectivity index (χ2v) is 6.44. The number of methoxy groups -OCH3 is 1. The molecule has 1 saturated heterocycles. The highest BCUT2D eigenvalue weighted by Gasteiger charge is 2.35. The fourth-order valence-electron chi connectivity index (χ4n) is 3.57. The Balaban J connectivity index is 1.65. The smallest absolute Gasteiger partial charge is 0.226 e. The molecule has 122 valence electrons. The third-order valence-corrected chi connectivity index (χ3v) is 4.99. The molecular weight excluding hydrogens is 286 g/mol. The summed E-state index contributed by atoms with van der Waals surface area (Å²) >= 11 is 0. The lowest BCUT2D eigenvalue weighted by atomic mass is 9.94. The minimum Gasteiger partial charge on any atom is -0.501 e. The van der Waals surface area contributed by atoms with Gasteiger partial charge in [0.05, 0.1) is 18.9 Å². The first-order valence-corrected chi connectivity index (χ1v) is 8.48. The zero-order chi connectivity index (χ0) is 16.2. The summed E-state index contributed by atoms with van der Waals surface area (Å²) in [4.78, 5) is 14.8. The van der Waals surface area contributed by atoms with Gasteiger partial charge in [-0.1, -0.05) is 36.4 Å². The summed E-state index contributed by atoms with van der Waals surface area (Å²) in [7, 11) is 1.72. The number of nitrogens with zero attached hydrogens (tertiary/aromatic N) is 1. The van der Waals surface area contributed by atoms with Crippen LogP contribution in [0.3, 0.4) is 0 Å². The van der Waals surface area contributed by atoms with Crippen molar-refractivity contribution in [3.05, 3.63) is 59.4 Å². The van der Waals surface area contributed by atoms with E-state index in [2.05, 4.69) is 31.2 Å². The number of ether oxygens (including phenoxy) is 1. The number of allylic oxidation sites excluding steroid dienone is 4. The summed E-state index contributed by atoms with van der Waals surface area (Å²) in [6, 6.07) is 10.4. The van der Waals surface area contributed by atoms with Crippen molar-refractivity contribution in [2.45, 2.75) is 38.6 Å². The molecule has 0 bridgehead atoms. The number of rotatable bonds is 5. The molecule has 1 aromatic carbocycles. The van der Waals surface area contributed by atoms with Crippen LogP contribution in [0, 0.1) is 5.92 Å². The van der Waals surface area contributed by atoms with Crippen molar-refractivity contribution in [2.24, 2.45) is 5.92 Å². The molecule has 3 rings (SSSR count). The van der Waals surface area contributed by atoms with Gasteiger partial charge in [0.25, 0.3) is 0 Å². The molecule has 3 heteroatoms. The Morgan fingerprint density at radius 3 is 2.83 bits per heavy atom. The third kappa shape index (κ3) is 3.49. The molecule has 23 heavy (non-hydrogen) atoms. The Morgan fingerprint density at radius 1 is 1.30 bits per heavy atom. The number of likely N-dealkylation sites (tertiary alicyclic amines) is 1. The molecule has 1 amide bonds. The molecule has 1 aromatic rings. The average Bonchev–Trinajstić information content (AvgIpc) is 2.96. The average molecular weight is 311 g/mol. The van der Waals surface area contributed by atoms with Crippen molar-refractivity contribution >= 4 is 5.91 Å². The Kier molecular flexibility index (Phi) is 4.85. The van der Waals surface area contributed by atoms with E-state index in [4.69, 9.17) is 4.74 Å². The van der Waals surface area contributed by atoms with Crippen LogP contribution in [0.5, 0.6) is 0 Å². The van der Waals surface area contributed by atoms with Crippen molar-refractivity contribution in [2.75, 3.05) is 13.7 Å². The lowest BCUT2D eigenvalue weighted by Gasteiger charge is -2.25. The van der Waals surface area contributed by atoms with Gasteiger partial charge in [0.15, 0.2) is 0 Å². The topological polar surface area (TPSA) is 29.5 Å². The van der Waals surface area contributed by atoms with Crippen molar-refractivity contribution < 1.29 is 9.53 Å². The lowest BCUT2D eigenvalue weighted by Crippen LogP contribution is -2.30. The molecule has 0 saturated carbocycles. The lowest BCUT2D eigenvalue weighted by molar-refractivity contribution is -0.132. The van der Waals surface area contributed by atoms with E-state index in [0.29, 0.717) is 5.91 Å². The van der Waals surface area contributed by atoms with Gasteiger partial charge in [-0.25, -0.2) is 0 Å². The summed E-state index contributed by atoms with van der Waals surface area (Å²) in [5.41, 5.74) is 2.46. The van der Waals surface area contributed by atoms with Crippen molar-refractivity contribution in [3.63, 3.8) is 0 Å². The quantitative estimate of drug-likeness (QED) is 0.814. The van der Waals surface area contributed by atoms with Crippen LogP contribution in [-0.4, -0.2) is 24.5 Å². The number of amides is 1. The van der Waals surface area contributed by atoms with Crippen molar-refractivity contribution in [1.82, 2.24) is 4.90 Å². The highest BCUT2D eigenvalue weighted by Crippen LogP contribution is 2.33. The zero-order valence-electron chi connectivity index (χ0n) is 14.0. The Labute approximate surface area is 138 Å². The molecule has 0 aromatic heterocycles. The molecule has 2 aliphatic rings. The Hall–Kier alpha value is -2.03. The maximum atomic E-state index is 12.8. The highest BCUT2D eigenvalue weighted by atomic mass is 16.5. The van der Waals surface area contributed by atoms with E-state index in [1.807, 2.05) is 23.1 Å². The molecule has 1 aliphatic carbocycles. The van der Waals surface area contributed by atoms with Crippen LogP contribution in [0.4, 0.5) is 0 Å². The number of carbonyl (C=O) groups excluding carboxylic acids is 1. The maximum Gasteiger partial charge on any atom is 0.226 e. The maximum absolute atomic E-state index is 12.8. The van der Waals surface area contributed by atoms with Gasteiger partial charge in [0, 0.05) is 18.9 Å². The molecule has 1 fully saturated rings. The first kappa shape index (κ1) is 15.9. The van der Waals surface area contributed by atoms with E-state index >= 15 is 0 Å². The van der Waals surface area contributed by atoms with Gasteiger partial charge in [-0.2, -0.15) is 0 Å². The van der Waals surface area contributed by atoms with Crippen LogP contribution in [0.1, 0.15) is 44.2 Å². The molecule has 0 radical (unpaired) electrons. The van der Waals surface area contributed by atoms with Gasteiger partial charge in [0.2, 0.25) is 5.91 Å². The predicted molar refractivity (Wildman–Crippen MR) is 91.7 cm³/mol. The van der Waals surface area contributed by atoms with E-state index in [1.54, 1.807) is 7.11 Å². The summed E-state index contributed by atoms with van der Waals surface area (Å²) in [6.07, 6.45) is 8.13. The SMILES string of the molecule is COC1=CC(C[C@H]2CCN([C@H](C)c3ccccc3)C2=O)=CCC1. The van der Waals surface area contributed by atoms with E-state index in [9.17, 15) is 4.79 Å². The van der Waals surface area contributed by atoms with Gasteiger partial charge < -0.3 is 9.64 Å². The van der Waals surface area contributed by atoms with Crippen LogP contribution in [0.2, 0.25) is 0 Å². The van der Waals surface area contributed by atoms with Crippen LogP contribution in [-0.2, 0) is 9.53 Å². The number of hydrogen-bond acceptors (Lipinski definition) is 2. The summed E-state index contributed by atoms with van der Waals surface area (Å²) in [5.74, 6) is 1.43. The minimum absolute atomic E-state index is 0.111. The number of benzene rings is 1. The molecule has 0 N–H and O–H groups in total. The normalized spacial score (nSPS) is 22.6. The first-order chi connectivity index (χ1) is 11.2. The standard InChI is InChI=1S/C20H25NO2/c1-15(17-8-4-3-5-9-17)21-12-11-18(20(21)22)13-16-7-6-10-19(14-16)23-2/h3-5,7-9,14-15,18H,6,10-13H2,1-2H3/t15-,18-/m1/s1. The van der Waals surface area contributed by atoms with Crippen molar-refractivity contribution in [1.29, 1.82) is 0 Å². The fourth-order valence-corrected chi connectivity index (χ4v) is 3.57. The van der Waals surface area contributed by atoms with Gasteiger partial charge in [-0.05, 0) is 43.4 Å². The van der Waals surface area contributed by atoms with Crippen LogP contribution >= 0.6 is 0 Å². The summed E-state index contributed by atoms with van der Waals surface area (Å²) < 4.78 is 5.35. The Morgan fingerprint density at radius 2 is 2.09 bits per heavy atom. The Bertz CT molecular complexity index is 618. The zero-order valence-corrected chi connectivity index (χ0v) is 14.0. The van der Waals surface area contributed by atoms with E-state index in [1.165, 1.54) is 11.1 Å². The van der Waals surface area contributed by atoms with Crippen molar-refractivity contribution in [3.8, 4) is 0 Å². The highest BCUT2D eigenvalue weighted by molar-refractivity contribution is 5.81. The minimum atomic E-state index is 0.111.